The molecule has 4 heteroatoms. The topological polar surface area (TPSA) is 41.6 Å². The van der Waals surface area contributed by atoms with Gasteiger partial charge in [0.25, 0.3) is 0 Å². The van der Waals surface area contributed by atoms with Gasteiger partial charge in [0.2, 0.25) is 0 Å². The molecule has 1 saturated heterocycles. The van der Waals surface area contributed by atoms with Gasteiger partial charge in [-0.1, -0.05) is 26.7 Å². The maximum Gasteiger partial charge on any atom is 0.305 e. The van der Waals surface area contributed by atoms with Crippen molar-refractivity contribution >= 4 is 5.97 Å². The molecule has 0 aromatic heterocycles. The summed E-state index contributed by atoms with van der Waals surface area (Å²) in [6.07, 6.45) is 7.05. The van der Waals surface area contributed by atoms with Crippen molar-refractivity contribution in [2.24, 2.45) is 11.8 Å². The fourth-order valence-corrected chi connectivity index (χ4v) is 3.98. The van der Waals surface area contributed by atoms with E-state index in [-0.39, 0.29) is 5.97 Å². The molecule has 2 aliphatic rings. The maximum absolute atomic E-state index is 11.6. The number of hydrogen-bond acceptors (Lipinski definition) is 4. The molecule has 0 amide bonds. The zero-order valence-electron chi connectivity index (χ0n) is 13.9. The summed E-state index contributed by atoms with van der Waals surface area (Å²) >= 11 is 0. The predicted octanol–water partition coefficient (Wildman–Crippen LogP) is 2.43. The lowest BCUT2D eigenvalue weighted by Gasteiger charge is -2.39. The van der Waals surface area contributed by atoms with Gasteiger partial charge in [-0.25, -0.2) is 0 Å². The van der Waals surface area contributed by atoms with Gasteiger partial charge < -0.3 is 15.0 Å². The zero-order chi connectivity index (χ0) is 15.2. The van der Waals surface area contributed by atoms with Gasteiger partial charge in [-0.15, -0.1) is 0 Å². The van der Waals surface area contributed by atoms with Crippen molar-refractivity contribution in [2.45, 2.75) is 64.5 Å². The minimum Gasteiger partial charge on any atom is -0.469 e. The molecule has 4 nitrogen and oxygen atoms in total. The maximum atomic E-state index is 11.6. The van der Waals surface area contributed by atoms with Gasteiger partial charge in [0.15, 0.2) is 0 Å². The van der Waals surface area contributed by atoms with Crippen molar-refractivity contribution in [1.82, 2.24) is 10.2 Å². The molecular weight excluding hydrogens is 264 g/mol. The summed E-state index contributed by atoms with van der Waals surface area (Å²) < 4.78 is 4.86. The smallest absolute Gasteiger partial charge is 0.305 e. The fraction of sp³-hybridized carbons (Fsp3) is 0.941. The van der Waals surface area contributed by atoms with Crippen LogP contribution in [-0.4, -0.2) is 49.7 Å². The Morgan fingerprint density at radius 2 is 1.95 bits per heavy atom. The van der Waals surface area contributed by atoms with Crippen LogP contribution in [0.4, 0.5) is 0 Å². The highest BCUT2D eigenvalue weighted by molar-refractivity contribution is 5.69. The molecule has 122 valence electrons. The van der Waals surface area contributed by atoms with Gasteiger partial charge in [0.1, 0.15) is 0 Å². The number of piperidine rings is 1. The third-order valence-corrected chi connectivity index (χ3v) is 4.75. The molecule has 2 fully saturated rings. The summed E-state index contributed by atoms with van der Waals surface area (Å²) in [4.78, 5) is 14.1. The average Bonchev–Trinajstić information content (AvgIpc) is 2.90. The molecular formula is C17H32N2O2. The Labute approximate surface area is 129 Å². The third kappa shape index (κ3) is 5.59. The molecule has 2 unspecified atom stereocenters. The minimum atomic E-state index is -0.0639. The lowest BCUT2D eigenvalue weighted by atomic mass is 9.90. The van der Waals surface area contributed by atoms with Crippen molar-refractivity contribution < 1.29 is 9.53 Å². The van der Waals surface area contributed by atoms with Crippen molar-refractivity contribution in [2.75, 3.05) is 26.7 Å². The Hall–Kier alpha value is -0.610. The minimum absolute atomic E-state index is 0.0639. The van der Waals surface area contributed by atoms with Crippen LogP contribution in [-0.2, 0) is 9.53 Å². The second kappa shape index (κ2) is 8.14. The molecule has 1 N–H and O–H groups in total. The molecule has 1 aliphatic heterocycles. The van der Waals surface area contributed by atoms with Gasteiger partial charge in [-0.3, -0.25) is 4.79 Å². The second-order valence-corrected chi connectivity index (χ2v) is 7.34. The summed E-state index contributed by atoms with van der Waals surface area (Å²) in [6.45, 7) is 7.83. The van der Waals surface area contributed by atoms with Crippen LogP contribution in [0.5, 0.6) is 0 Å². The van der Waals surface area contributed by atoms with Gasteiger partial charge in [0.05, 0.1) is 7.11 Å². The Morgan fingerprint density at radius 3 is 2.57 bits per heavy atom. The normalized spacial score (nSPS) is 28.2. The van der Waals surface area contributed by atoms with E-state index < -0.39 is 0 Å². The number of hydrogen-bond donors (Lipinski definition) is 1. The van der Waals surface area contributed by atoms with E-state index in [9.17, 15) is 4.79 Å². The molecule has 2 atom stereocenters. The second-order valence-electron chi connectivity index (χ2n) is 7.34. The number of carbonyl (C=O) groups excluding carboxylic acids is 1. The standard InChI is InChI=1S/C17H32N2O2/c1-13(2)10-19-11-14(9-17(20)21-3)8-16(12-19)18-15-6-4-5-7-15/h13-16,18H,4-12H2,1-3H3. The fourth-order valence-electron chi connectivity index (χ4n) is 3.98. The molecule has 1 aliphatic carbocycles. The SMILES string of the molecule is COC(=O)CC1CC(NC2CCCC2)CN(CC(C)C)C1. The van der Waals surface area contributed by atoms with Crippen molar-refractivity contribution in [1.29, 1.82) is 0 Å². The van der Waals surface area contributed by atoms with Crippen molar-refractivity contribution in [3.63, 3.8) is 0 Å². The first-order chi connectivity index (χ1) is 10.1. The molecule has 0 bridgehead atoms. The molecule has 21 heavy (non-hydrogen) atoms. The average molecular weight is 296 g/mol. The number of ether oxygens (including phenoxy) is 1. The Morgan fingerprint density at radius 1 is 1.24 bits per heavy atom. The first-order valence-corrected chi connectivity index (χ1v) is 8.62. The summed E-state index contributed by atoms with van der Waals surface area (Å²) in [5.41, 5.74) is 0. The van der Waals surface area contributed by atoms with E-state index in [2.05, 4.69) is 24.1 Å². The van der Waals surface area contributed by atoms with Crippen LogP contribution in [0.1, 0.15) is 52.4 Å². The quantitative estimate of drug-likeness (QED) is 0.764. The van der Waals surface area contributed by atoms with Gasteiger partial charge in [0, 0.05) is 38.1 Å². The van der Waals surface area contributed by atoms with Gasteiger partial charge >= 0.3 is 5.97 Å². The van der Waals surface area contributed by atoms with E-state index in [4.69, 9.17) is 4.74 Å². The largest absolute Gasteiger partial charge is 0.469 e. The lowest BCUT2D eigenvalue weighted by Crippen LogP contribution is -2.52. The Kier molecular flexibility index (Phi) is 6.49. The Bertz CT molecular complexity index is 327. The number of esters is 1. The van der Waals surface area contributed by atoms with Crippen LogP contribution in [0.25, 0.3) is 0 Å². The van der Waals surface area contributed by atoms with E-state index in [0.717, 1.165) is 26.1 Å². The zero-order valence-corrected chi connectivity index (χ0v) is 13.9. The highest BCUT2D eigenvalue weighted by Gasteiger charge is 2.30. The van der Waals surface area contributed by atoms with Crippen LogP contribution in [0.3, 0.4) is 0 Å². The van der Waals surface area contributed by atoms with Crippen molar-refractivity contribution in [3.8, 4) is 0 Å². The first kappa shape index (κ1) is 16.8. The molecule has 1 heterocycles. The summed E-state index contributed by atoms with van der Waals surface area (Å²) in [6, 6.07) is 1.24. The number of methoxy groups -OCH3 is 1. The number of nitrogens with one attached hydrogen (secondary N) is 1. The van der Waals surface area contributed by atoms with Crippen LogP contribution in [0.2, 0.25) is 0 Å². The third-order valence-electron chi connectivity index (χ3n) is 4.75. The van der Waals surface area contributed by atoms with Gasteiger partial charge in [-0.05, 0) is 31.1 Å². The van der Waals surface area contributed by atoms with Crippen LogP contribution < -0.4 is 5.32 Å². The predicted molar refractivity (Wildman–Crippen MR) is 85.2 cm³/mol. The van der Waals surface area contributed by atoms with Crippen LogP contribution >= 0.6 is 0 Å². The van der Waals surface area contributed by atoms with E-state index in [1.165, 1.54) is 32.8 Å². The summed E-state index contributed by atoms with van der Waals surface area (Å²) in [5, 5.41) is 3.85. The number of nitrogens with zero attached hydrogens (tertiary/aromatic N) is 1. The molecule has 0 aromatic rings. The van der Waals surface area contributed by atoms with E-state index in [1.807, 2.05) is 0 Å². The summed E-state index contributed by atoms with van der Waals surface area (Å²) in [7, 11) is 1.49. The summed E-state index contributed by atoms with van der Waals surface area (Å²) in [5.74, 6) is 1.05. The molecule has 2 rings (SSSR count). The molecule has 0 spiro atoms. The highest BCUT2D eigenvalue weighted by atomic mass is 16.5. The van der Waals surface area contributed by atoms with E-state index in [0.29, 0.717) is 30.3 Å². The van der Waals surface area contributed by atoms with E-state index in [1.54, 1.807) is 0 Å². The van der Waals surface area contributed by atoms with Crippen LogP contribution in [0, 0.1) is 11.8 Å². The monoisotopic (exact) mass is 296 g/mol. The molecule has 1 saturated carbocycles. The van der Waals surface area contributed by atoms with Gasteiger partial charge in [-0.2, -0.15) is 0 Å². The molecule has 0 aromatic carbocycles. The van der Waals surface area contributed by atoms with Crippen molar-refractivity contribution in [3.05, 3.63) is 0 Å². The van der Waals surface area contributed by atoms with Crippen LogP contribution in [0.15, 0.2) is 0 Å². The lowest BCUT2D eigenvalue weighted by molar-refractivity contribution is -0.142. The number of likely N-dealkylation sites (tertiary alicyclic amines) is 1. The Balaban J connectivity index is 1.90. The highest BCUT2D eigenvalue weighted by Crippen LogP contribution is 2.24. The first-order valence-electron chi connectivity index (χ1n) is 8.62. The van der Waals surface area contributed by atoms with E-state index >= 15 is 0 Å². The number of rotatable bonds is 6. The molecule has 0 radical (unpaired) electrons. The number of carbonyl (C=O) groups is 1.